The minimum absolute atomic E-state index is 0.239. The van der Waals surface area contributed by atoms with Crippen LogP contribution >= 0.6 is 15.9 Å². The fourth-order valence-corrected chi connectivity index (χ4v) is 2.47. The van der Waals surface area contributed by atoms with Crippen molar-refractivity contribution >= 4 is 27.8 Å². The number of carbonyl (C=O) groups excluding carboxylic acids is 2. The molecule has 2 aromatic carbocycles. The molecular weight excluding hydrogens is 398 g/mol. The quantitative estimate of drug-likeness (QED) is 0.613. The van der Waals surface area contributed by atoms with Gasteiger partial charge in [0, 0.05) is 18.1 Å². The van der Waals surface area contributed by atoms with Crippen molar-refractivity contribution in [2.24, 2.45) is 0 Å². The first-order valence-electron chi connectivity index (χ1n) is 8.33. The molecule has 0 atom stereocenters. The van der Waals surface area contributed by atoms with E-state index in [2.05, 4.69) is 22.9 Å². The first-order chi connectivity index (χ1) is 12.5. The molecule has 0 saturated carbocycles. The molecule has 2 aromatic rings. The molecule has 138 valence electrons. The van der Waals surface area contributed by atoms with E-state index in [0.717, 1.165) is 16.5 Å². The number of halogens is 1. The van der Waals surface area contributed by atoms with E-state index in [4.69, 9.17) is 9.47 Å². The molecular formula is C20H22BrNO4. The van der Waals surface area contributed by atoms with E-state index >= 15 is 0 Å². The number of likely N-dealkylation sites (N-methyl/N-ethyl adjacent to an activating group) is 1. The van der Waals surface area contributed by atoms with Crippen LogP contribution in [0.4, 0.5) is 0 Å². The largest absolute Gasteiger partial charge is 0.482 e. The number of ether oxygens (including phenoxy) is 2. The molecule has 0 unspecified atom stereocenters. The lowest BCUT2D eigenvalue weighted by molar-refractivity contribution is -0.153. The van der Waals surface area contributed by atoms with Gasteiger partial charge in [-0.05, 0) is 41.8 Å². The Hall–Kier alpha value is -2.34. The van der Waals surface area contributed by atoms with Crippen LogP contribution in [0.25, 0.3) is 0 Å². The molecule has 0 aliphatic heterocycles. The third-order valence-electron chi connectivity index (χ3n) is 3.80. The minimum Gasteiger partial charge on any atom is -0.482 e. The molecule has 2 rings (SSSR count). The van der Waals surface area contributed by atoms with Gasteiger partial charge in [-0.15, -0.1) is 0 Å². The lowest BCUT2D eigenvalue weighted by Crippen LogP contribution is -2.31. The number of aryl methyl sites for hydroxylation is 1. The fraction of sp³-hybridized carbons (Fsp3) is 0.300. The molecule has 0 fully saturated rings. The van der Waals surface area contributed by atoms with Crippen LogP contribution in [0.5, 0.6) is 5.75 Å². The van der Waals surface area contributed by atoms with Gasteiger partial charge in [0.2, 0.25) is 0 Å². The topological polar surface area (TPSA) is 55.8 Å². The normalized spacial score (nSPS) is 10.3. The van der Waals surface area contributed by atoms with Crippen LogP contribution in [-0.2, 0) is 27.3 Å². The molecule has 0 bridgehead atoms. The van der Waals surface area contributed by atoms with E-state index in [-0.39, 0.29) is 19.1 Å². The van der Waals surface area contributed by atoms with Crippen molar-refractivity contribution in [3.63, 3.8) is 0 Å². The molecule has 0 saturated heterocycles. The average molecular weight is 420 g/mol. The van der Waals surface area contributed by atoms with Crippen molar-refractivity contribution in [1.82, 2.24) is 4.90 Å². The molecule has 0 heterocycles. The maximum absolute atomic E-state index is 12.1. The third-order valence-corrected chi connectivity index (χ3v) is 4.33. The van der Waals surface area contributed by atoms with Gasteiger partial charge in [-0.1, -0.05) is 47.1 Å². The molecule has 0 N–H and O–H groups in total. The van der Waals surface area contributed by atoms with E-state index in [1.165, 1.54) is 10.5 Å². The number of nitrogens with zero attached hydrogens (tertiary/aromatic N) is 1. The minimum atomic E-state index is -0.582. The zero-order valence-corrected chi connectivity index (χ0v) is 16.5. The average Bonchev–Trinajstić information content (AvgIpc) is 2.66. The van der Waals surface area contributed by atoms with Crippen molar-refractivity contribution in [2.75, 3.05) is 20.3 Å². The predicted octanol–water partition coefficient (Wildman–Crippen LogP) is 3.59. The second kappa shape index (κ2) is 9.97. The van der Waals surface area contributed by atoms with Crippen LogP contribution in [0.2, 0.25) is 0 Å². The second-order valence-corrected chi connectivity index (χ2v) is 6.74. The highest BCUT2D eigenvalue weighted by Gasteiger charge is 2.13. The molecule has 5 nitrogen and oxygen atoms in total. The number of amides is 1. The van der Waals surface area contributed by atoms with Crippen molar-refractivity contribution in [2.45, 2.75) is 19.9 Å². The van der Waals surface area contributed by atoms with Gasteiger partial charge in [0.05, 0.1) is 0 Å². The molecule has 0 radical (unpaired) electrons. The van der Waals surface area contributed by atoms with Crippen LogP contribution in [0.3, 0.4) is 0 Å². The Morgan fingerprint density at radius 1 is 0.962 bits per heavy atom. The summed E-state index contributed by atoms with van der Waals surface area (Å²) >= 11 is 3.32. The van der Waals surface area contributed by atoms with Crippen LogP contribution in [0.1, 0.15) is 18.1 Å². The Balaban J connectivity index is 1.72. The smallest absolute Gasteiger partial charge is 0.344 e. The first kappa shape index (κ1) is 20.0. The highest BCUT2D eigenvalue weighted by atomic mass is 79.9. The Bertz CT molecular complexity index is 728. The maximum Gasteiger partial charge on any atom is 0.344 e. The number of benzene rings is 2. The van der Waals surface area contributed by atoms with Crippen molar-refractivity contribution in [3.8, 4) is 5.75 Å². The zero-order chi connectivity index (χ0) is 18.9. The van der Waals surface area contributed by atoms with Gasteiger partial charge < -0.3 is 14.4 Å². The van der Waals surface area contributed by atoms with Gasteiger partial charge in [0.25, 0.3) is 5.91 Å². The summed E-state index contributed by atoms with van der Waals surface area (Å²) < 4.78 is 11.2. The molecule has 0 aliphatic rings. The van der Waals surface area contributed by atoms with Crippen molar-refractivity contribution < 1.29 is 19.1 Å². The summed E-state index contributed by atoms with van der Waals surface area (Å²) in [4.78, 5) is 25.3. The fourth-order valence-electron chi connectivity index (χ4n) is 2.21. The number of carbonyl (C=O) groups is 2. The van der Waals surface area contributed by atoms with Gasteiger partial charge in [0.1, 0.15) is 5.75 Å². The Kier molecular flexibility index (Phi) is 7.66. The van der Waals surface area contributed by atoms with E-state index in [0.29, 0.717) is 12.3 Å². The monoisotopic (exact) mass is 419 g/mol. The number of hydrogen-bond acceptors (Lipinski definition) is 4. The van der Waals surface area contributed by atoms with Gasteiger partial charge in [-0.3, -0.25) is 4.79 Å². The van der Waals surface area contributed by atoms with E-state index in [1.807, 2.05) is 36.4 Å². The van der Waals surface area contributed by atoms with Gasteiger partial charge in [-0.25, -0.2) is 4.79 Å². The van der Waals surface area contributed by atoms with Crippen LogP contribution in [0.15, 0.2) is 53.0 Å². The Morgan fingerprint density at radius 2 is 1.58 bits per heavy atom. The van der Waals surface area contributed by atoms with Crippen molar-refractivity contribution in [3.05, 3.63) is 64.1 Å². The van der Waals surface area contributed by atoms with E-state index in [9.17, 15) is 9.59 Å². The predicted molar refractivity (Wildman–Crippen MR) is 103 cm³/mol. The maximum atomic E-state index is 12.1. The molecule has 0 aromatic heterocycles. The van der Waals surface area contributed by atoms with E-state index < -0.39 is 5.97 Å². The third kappa shape index (κ3) is 6.52. The standard InChI is InChI=1S/C20H22BrNO4/c1-3-15-4-6-16(7-5-15)12-22(2)19(23)13-26-20(24)14-25-18-10-8-17(21)9-11-18/h4-11H,3,12-14H2,1-2H3. The zero-order valence-electron chi connectivity index (χ0n) is 14.9. The lowest BCUT2D eigenvalue weighted by Gasteiger charge is -2.17. The van der Waals surface area contributed by atoms with Gasteiger partial charge >= 0.3 is 5.97 Å². The summed E-state index contributed by atoms with van der Waals surface area (Å²) in [6.07, 6.45) is 0.979. The lowest BCUT2D eigenvalue weighted by atomic mass is 10.1. The van der Waals surface area contributed by atoms with Crippen LogP contribution < -0.4 is 4.74 Å². The highest BCUT2D eigenvalue weighted by Crippen LogP contribution is 2.16. The van der Waals surface area contributed by atoms with Crippen molar-refractivity contribution in [1.29, 1.82) is 0 Å². The second-order valence-electron chi connectivity index (χ2n) is 5.82. The number of esters is 1. The summed E-state index contributed by atoms with van der Waals surface area (Å²) in [5.74, 6) is -0.285. The number of hydrogen-bond donors (Lipinski definition) is 0. The molecule has 1 amide bonds. The summed E-state index contributed by atoms with van der Waals surface area (Å²) in [5.41, 5.74) is 2.28. The number of rotatable bonds is 8. The van der Waals surface area contributed by atoms with Gasteiger partial charge in [-0.2, -0.15) is 0 Å². The van der Waals surface area contributed by atoms with E-state index in [1.54, 1.807) is 19.2 Å². The highest BCUT2D eigenvalue weighted by molar-refractivity contribution is 9.10. The molecule has 0 aliphatic carbocycles. The summed E-state index contributed by atoms with van der Waals surface area (Å²) in [7, 11) is 1.68. The summed E-state index contributed by atoms with van der Waals surface area (Å²) in [6.45, 7) is 2.03. The van der Waals surface area contributed by atoms with Gasteiger partial charge in [0.15, 0.2) is 13.2 Å². The summed E-state index contributed by atoms with van der Waals surface area (Å²) in [5, 5.41) is 0. The van der Waals surface area contributed by atoms with Crippen LogP contribution in [-0.4, -0.2) is 37.0 Å². The summed E-state index contributed by atoms with van der Waals surface area (Å²) in [6, 6.07) is 15.2. The Labute approximate surface area is 162 Å². The Morgan fingerprint density at radius 3 is 2.19 bits per heavy atom. The first-order valence-corrected chi connectivity index (χ1v) is 9.13. The van der Waals surface area contributed by atoms with Crippen LogP contribution in [0, 0.1) is 0 Å². The molecule has 0 spiro atoms. The molecule has 6 heteroatoms. The molecule has 26 heavy (non-hydrogen) atoms. The SMILES string of the molecule is CCc1ccc(CN(C)C(=O)COC(=O)COc2ccc(Br)cc2)cc1.